The van der Waals surface area contributed by atoms with Gasteiger partial charge < -0.3 is 18.9 Å². The zero-order valence-electron chi connectivity index (χ0n) is 26.3. The van der Waals surface area contributed by atoms with Gasteiger partial charge in [-0.1, -0.05) is 71.9 Å². The molecule has 7 nitrogen and oxygen atoms in total. The standard InChI is InChI=1S/C31H54N2O5Si2/c1-9-40(10-2,11-3)37-21-15-18-26-22-33(29(35)36-23-25-16-13-12-14-17-25)31(27(26)19-20-32-28(31)34)24-38-39(7,8)30(4,5)6/h12-14,16-17,26-27H,9-11,15,18-24H2,1-8H3,(H,32,34)/t26-,27-,31+/m1/s1. The third kappa shape index (κ3) is 7.02. The fraction of sp³-hybridized carbons (Fsp3) is 0.742. The Kier molecular flexibility index (Phi) is 11.1. The van der Waals surface area contributed by atoms with Crippen LogP contribution in [0.4, 0.5) is 4.79 Å². The van der Waals surface area contributed by atoms with E-state index in [0.717, 1.165) is 49.6 Å². The number of hydrogen-bond donors (Lipinski definition) is 1. The minimum Gasteiger partial charge on any atom is -0.445 e. The molecule has 1 aromatic carbocycles. The summed E-state index contributed by atoms with van der Waals surface area (Å²) in [5.41, 5.74) is -0.127. The quantitative estimate of drug-likeness (QED) is 0.199. The van der Waals surface area contributed by atoms with E-state index in [1.165, 1.54) is 0 Å². The number of carbonyl (C=O) groups is 2. The monoisotopic (exact) mass is 590 g/mol. The number of ether oxygens (including phenoxy) is 1. The summed E-state index contributed by atoms with van der Waals surface area (Å²) in [4.78, 5) is 29.3. The van der Waals surface area contributed by atoms with Crippen LogP contribution in [0.25, 0.3) is 0 Å². The molecule has 2 aliphatic rings. The van der Waals surface area contributed by atoms with Crippen LogP contribution in [0, 0.1) is 11.8 Å². The van der Waals surface area contributed by atoms with Crippen molar-refractivity contribution in [3.05, 3.63) is 35.9 Å². The molecule has 0 aliphatic carbocycles. The zero-order chi connectivity index (χ0) is 29.6. The predicted molar refractivity (Wildman–Crippen MR) is 166 cm³/mol. The number of rotatable bonds is 13. The first-order valence-corrected chi connectivity index (χ1v) is 20.8. The molecule has 2 heterocycles. The van der Waals surface area contributed by atoms with Gasteiger partial charge in [0.1, 0.15) is 12.1 Å². The highest BCUT2D eigenvalue weighted by Gasteiger charge is 2.62. The first kappa shape index (κ1) is 32.8. The average Bonchev–Trinajstić information content (AvgIpc) is 3.27. The molecule has 226 valence electrons. The van der Waals surface area contributed by atoms with E-state index in [4.69, 9.17) is 13.6 Å². The van der Waals surface area contributed by atoms with Gasteiger partial charge in [0.2, 0.25) is 5.91 Å². The Hall–Kier alpha value is -1.69. The first-order valence-electron chi connectivity index (χ1n) is 15.4. The van der Waals surface area contributed by atoms with Crippen LogP contribution in [0.3, 0.4) is 0 Å². The van der Waals surface area contributed by atoms with Gasteiger partial charge in [-0.2, -0.15) is 0 Å². The molecular weight excluding hydrogens is 537 g/mol. The molecule has 0 unspecified atom stereocenters. The van der Waals surface area contributed by atoms with Crippen molar-refractivity contribution >= 4 is 28.6 Å². The van der Waals surface area contributed by atoms with Crippen molar-refractivity contribution in [2.24, 2.45) is 11.8 Å². The van der Waals surface area contributed by atoms with Crippen LogP contribution in [-0.4, -0.2) is 65.4 Å². The van der Waals surface area contributed by atoms with E-state index in [0.29, 0.717) is 13.1 Å². The number of benzene rings is 1. The second-order valence-corrected chi connectivity index (χ2v) is 22.9. The van der Waals surface area contributed by atoms with Crippen molar-refractivity contribution in [3.63, 3.8) is 0 Å². The molecule has 2 saturated heterocycles. The van der Waals surface area contributed by atoms with Gasteiger partial charge in [0.25, 0.3) is 0 Å². The Morgan fingerprint density at radius 2 is 1.73 bits per heavy atom. The van der Waals surface area contributed by atoms with Gasteiger partial charge in [-0.15, -0.1) is 0 Å². The molecule has 2 fully saturated rings. The lowest BCUT2D eigenvalue weighted by Crippen LogP contribution is -2.67. The Morgan fingerprint density at radius 3 is 2.33 bits per heavy atom. The third-order valence-corrected chi connectivity index (χ3v) is 19.3. The van der Waals surface area contributed by atoms with Gasteiger partial charge in [-0.3, -0.25) is 9.69 Å². The van der Waals surface area contributed by atoms with Gasteiger partial charge in [-0.05, 0) is 72.9 Å². The van der Waals surface area contributed by atoms with E-state index < -0.39 is 28.3 Å². The fourth-order valence-electron chi connectivity index (χ4n) is 6.15. The number of hydrogen-bond acceptors (Lipinski definition) is 5. The maximum atomic E-state index is 13.8. The van der Waals surface area contributed by atoms with E-state index in [1.54, 1.807) is 4.90 Å². The van der Waals surface area contributed by atoms with Gasteiger partial charge in [-0.25, -0.2) is 4.79 Å². The van der Waals surface area contributed by atoms with Crippen LogP contribution >= 0.6 is 0 Å². The molecule has 3 rings (SSSR count). The summed E-state index contributed by atoms with van der Waals surface area (Å²) in [6.45, 7) is 20.0. The van der Waals surface area contributed by atoms with E-state index in [-0.39, 0.29) is 36.0 Å². The topological polar surface area (TPSA) is 77.1 Å². The summed E-state index contributed by atoms with van der Waals surface area (Å²) in [6, 6.07) is 13.1. The van der Waals surface area contributed by atoms with E-state index in [1.807, 2.05) is 30.3 Å². The largest absolute Gasteiger partial charge is 0.445 e. The van der Waals surface area contributed by atoms with E-state index in [2.05, 4.69) is 60.0 Å². The molecule has 0 aromatic heterocycles. The summed E-state index contributed by atoms with van der Waals surface area (Å²) < 4.78 is 19.1. The van der Waals surface area contributed by atoms with Crippen molar-refractivity contribution in [1.82, 2.24) is 10.2 Å². The highest BCUT2D eigenvalue weighted by molar-refractivity contribution is 6.74. The first-order chi connectivity index (χ1) is 18.9. The number of fused-ring (bicyclic) bond motifs is 1. The molecule has 1 N–H and O–H groups in total. The Labute approximate surface area is 245 Å². The third-order valence-electron chi connectivity index (χ3n) is 10.2. The molecule has 9 heteroatoms. The molecule has 40 heavy (non-hydrogen) atoms. The lowest BCUT2D eigenvalue weighted by atomic mass is 9.74. The zero-order valence-corrected chi connectivity index (χ0v) is 28.3. The van der Waals surface area contributed by atoms with Crippen LogP contribution in [0.2, 0.25) is 36.3 Å². The van der Waals surface area contributed by atoms with Crippen LogP contribution in [0.1, 0.15) is 66.4 Å². The molecule has 2 aliphatic heterocycles. The number of piperidine rings is 1. The van der Waals surface area contributed by atoms with E-state index in [9.17, 15) is 9.59 Å². The Bertz CT molecular complexity index is 971. The maximum Gasteiger partial charge on any atom is 0.411 e. The van der Waals surface area contributed by atoms with Gasteiger partial charge in [0.15, 0.2) is 16.6 Å². The molecule has 3 atom stereocenters. The summed E-state index contributed by atoms with van der Waals surface area (Å²) in [5, 5.41) is 3.08. The summed E-state index contributed by atoms with van der Waals surface area (Å²) in [6.07, 6.45) is 2.25. The number of nitrogens with one attached hydrogen (secondary N) is 1. The second-order valence-electron chi connectivity index (χ2n) is 13.3. The average molecular weight is 591 g/mol. The maximum absolute atomic E-state index is 13.8. The summed E-state index contributed by atoms with van der Waals surface area (Å²) >= 11 is 0. The summed E-state index contributed by atoms with van der Waals surface area (Å²) in [7, 11) is -3.82. The number of nitrogens with zero attached hydrogens (tertiary/aromatic N) is 1. The predicted octanol–water partition coefficient (Wildman–Crippen LogP) is 6.95. The van der Waals surface area contributed by atoms with Crippen LogP contribution in [0.5, 0.6) is 0 Å². The van der Waals surface area contributed by atoms with Crippen LogP contribution < -0.4 is 5.32 Å². The smallest absolute Gasteiger partial charge is 0.411 e. The normalized spacial score (nSPS) is 23.6. The van der Waals surface area contributed by atoms with E-state index >= 15 is 0 Å². The SMILES string of the molecule is CC[Si](CC)(CC)OCCC[C@@H]1CN(C(=O)OCc2ccccc2)[C@]2(CO[Si](C)(C)C(C)(C)C)C(=O)NCC[C@H]12. The molecule has 0 spiro atoms. The number of amides is 2. The lowest BCUT2D eigenvalue weighted by Gasteiger charge is -2.46. The van der Waals surface area contributed by atoms with Gasteiger partial charge in [0, 0.05) is 19.7 Å². The number of carbonyl (C=O) groups excluding carboxylic acids is 2. The van der Waals surface area contributed by atoms with Crippen molar-refractivity contribution in [2.45, 2.75) is 109 Å². The van der Waals surface area contributed by atoms with Crippen molar-refractivity contribution in [3.8, 4) is 0 Å². The molecular formula is C31H54N2O5Si2. The Morgan fingerprint density at radius 1 is 1.07 bits per heavy atom. The van der Waals surface area contributed by atoms with Gasteiger partial charge >= 0.3 is 6.09 Å². The number of likely N-dealkylation sites (tertiary alicyclic amines) is 1. The fourth-order valence-corrected chi connectivity index (χ4v) is 9.85. The minimum atomic E-state index is -2.18. The molecule has 2 amide bonds. The van der Waals surface area contributed by atoms with Gasteiger partial charge in [0.05, 0.1) is 6.61 Å². The second kappa shape index (κ2) is 13.5. The van der Waals surface area contributed by atoms with Crippen LogP contribution in [-0.2, 0) is 25.0 Å². The molecule has 0 radical (unpaired) electrons. The molecule has 0 bridgehead atoms. The van der Waals surface area contributed by atoms with Crippen LogP contribution in [0.15, 0.2) is 30.3 Å². The highest BCUT2D eigenvalue weighted by atomic mass is 28.4. The van der Waals surface area contributed by atoms with Crippen molar-refractivity contribution in [1.29, 1.82) is 0 Å². The lowest BCUT2D eigenvalue weighted by molar-refractivity contribution is -0.139. The minimum absolute atomic E-state index is 0.00745. The summed E-state index contributed by atoms with van der Waals surface area (Å²) in [5.74, 6) is 0.121. The van der Waals surface area contributed by atoms with Crippen molar-refractivity contribution < 1.29 is 23.2 Å². The Balaban J connectivity index is 1.84. The van der Waals surface area contributed by atoms with Crippen molar-refractivity contribution in [2.75, 3.05) is 26.3 Å². The highest BCUT2D eigenvalue weighted by Crippen LogP contribution is 2.47. The molecule has 1 aromatic rings. The molecule has 0 saturated carbocycles.